The molecule has 0 radical (unpaired) electrons. The highest BCUT2D eigenvalue weighted by Gasteiger charge is 2.47. The van der Waals surface area contributed by atoms with E-state index in [-0.39, 0.29) is 63.2 Å². The molecule has 14 N–H and O–H groups in total. The number of esters is 1. The molecule has 1 aromatic carbocycles. The maximum atomic E-state index is 15.5. The maximum absolute atomic E-state index is 15.5. The summed E-state index contributed by atoms with van der Waals surface area (Å²) in [5, 5.41) is 61.9. The molecule has 0 spiro atoms. The summed E-state index contributed by atoms with van der Waals surface area (Å²) in [5.74, 6) is -9.83. The number of aliphatic hydroxyl groups excluding tert-OH is 2. The maximum Gasteiger partial charge on any atom is 0.343 e. The third kappa shape index (κ3) is 15.7. The average molecular weight is 1260 g/mol. The predicted molar refractivity (Wildman–Crippen MR) is 312 cm³/mol. The molecule has 1 fully saturated rings. The molecule has 0 saturated carbocycles. The number of carboxylic acids is 1. The molecular weight excluding hydrogens is 1190 g/mol. The Morgan fingerprint density at radius 1 is 0.856 bits per heavy atom. The molecule has 5 heterocycles. The summed E-state index contributed by atoms with van der Waals surface area (Å²) in [4.78, 5) is 160. The zero-order chi connectivity index (χ0) is 66.3. The highest BCUT2D eigenvalue weighted by molar-refractivity contribution is 5.96. The van der Waals surface area contributed by atoms with E-state index in [2.05, 4.69) is 42.5 Å². The number of aliphatic hydroxyl groups is 3. The number of nitrogens with two attached hydrogens (primary N) is 1. The van der Waals surface area contributed by atoms with Crippen molar-refractivity contribution in [1.82, 2.24) is 52.1 Å². The number of pyridine rings is 2. The van der Waals surface area contributed by atoms with Crippen LogP contribution in [0.3, 0.4) is 0 Å². The Morgan fingerprint density at radius 2 is 1.56 bits per heavy atom. The Labute approximate surface area is 515 Å². The fourth-order valence-electron chi connectivity index (χ4n) is 11.2. The number of aliphatic carboxylic acids is 1. The molecule has 0 unspecified atom stereocenters. The number of nitrogens with zero attached hydrogens (tertiary/aromatic N) is 2. The zero-order valence-electron chi connectivity index (χ0n) is 50.9. The van der Waals surface area contributed by atoms with Crippen LogP contribution in [0.5, 0.6) is 0 Å². The average Bonchev–Trinajstić information content (AvgIpc) is 1.45. The van der Waals surface area contributed by atoms with Crippen LogP contribution in [0.4, 0.5) is 4.39 Å². The minimum absolute atomic E-state index is 0.0272. The number of carboxylic acid groups (broad SMARTS) is 1. The molecule has 3 aromatic rings. The second-order valence-corrected chi connectivity index (χ2v) is 23.9. The number of carbonyl (C=O) groups is 11. The molecular formula is C59H78FN11O19. The van der Waals surface area contributed by atoms with Crippen LogP contribution in [0.25, 0.3) is 22.3 Å². The molecule has 9 atom stereocenters. The van der Waals surface area contributed by atoms with E-state index in [1.54, 1.807) is 47.6 Å². The van der Waals surface area contributed by atoms with Gasteiger partial charge in [-0.2, -0.15) is 0 Å². The number of aryl methyl sites for hydroxylation is 1. The predicted octanol–water partition coefficient (Wildman–Crippen LogP) is -2.37. The van der Waals surface area contributed by atoms with Gasteiger partial charge in [-0.05, 0) is 82.1 Å². The normalized spacial score (nSPS) is 20.7. The van der Waals surface area contributed by atoms with Crippen molar-refractivity contribution in [2.45, 2.75) is 174 Å². The van der Waals surface area contributed by atoms with Gasteiger partial charge in [0, 0.05) is 54.9 Å². The van der Waals surface area contributed by atoms with E-state index in [1.807, 2.05) is 0 Å². The number of cyclic esters (lactones) is 1. The van der Waals surface area contributed by atoms with Crippen LogP contribution in [0, 0.1) is 24.1 Å². The Bertz CT molecular complexity index is 3430. The first kappa shape index (κ1) is 69.0. The lowest BCUT2D eigenvalue weighted by molar-refractivity contribution is -0.172. The smallest absolute Gasteiger partial charge is 0.343 e. The van der Waals surface area contributed by atoms with Gasteiger partial charge >= 0.3 is 11.9 Å². The lowest BCUT2D eigenvalue weighted by atomic mass is 9.81. The minimum Gasteiger partial charge on any atom is -0.481 e. The summed E-state index contributed by atoms with van der Waals surface area (Å²) >= 11 is 0. The molecule has 7 rings (SSSR count). The molecule has 31 heteroatoms. The summed E-state index contributed by atoms with van der Waals surface area (Å²) in [6, 6.07) is -1.85. The Balaban J connectivity index is 0.943. The third-order valence-corrected chi connectivity index (χ3v) is 16.5. The monoisotopic (exact) mass is 1260 g/mol. The number of rotatable bonds is 29. The van der Waals surface area contributed by atoms with Gasteiger partial charge in [-0.15, -0.1) is 0 Å². The Hall–Kier alpha value is -8.52. The van der Waals surface area contributed by atoms with Crippen LogP contribution in [-0.2, 0) is 92.1 Å². The summed E-state index contributed by atoms with van der Waals surface area (Å²) in [5.41, 5.74) is 4.93. The molecule has 9 amide bonds. The number of halogens is 1. The number of hydrogen-bond acceptors (Lipinski definition) is 19. The van der Waals surface area contributed by atoms with Crippen molar-refractivity contribution in [2.75, 3.05) is 33.0 Å². The van der Waals surface area contributed by atoms with E-state index in [0.717, 1.165) is 0 Å². The second kappa shape index (κ2) is 29.0. The number of amides is 9. The van der Waals surface area contributed by atoms with Crippen molar-refractivity contribution in [3.63, 3.8) is 0 Å². The van der Waals surface area contributed by atoms with Crippen molar-refractivity contribution in [2.24, 2.45) is 17.1 Å². The molecule has 30 nitrogen and oxygen atoms in total. The van der Waals surface area contributed by atoms with E-state index >= 15 is 4.39 Å². The van der Waals surface area contributed by atoms with Gasteiger partial charge in [0.05, 0.1) is 72.6 Å². The number of fused-ring (bicyclic) bond motifs is 5. The quantitative estimate of drug-likeness (QED) is 0.0153. The van der Waals surface area contributed by atoms with Crippen LogP contribution in [0.2, 0.25) is 0 Å². The van der Waals surface area contributed by atoms with Gasteiger partial charge in [-0.1, -0.05) is 20.8 Å². The van der Waals surface area contributed by atoms with Crippen molar-refractivity contribution in [3.05, 3.63) is 61.7 Å². The van der Waals surface area contributed by atoms with Crippen LogP contribution in [-0.4, -0.2) is 171 Å². The topological polar surface area (TPSA) is 454 Å². The molecule has 3 aliphatic heterocycles. The number of ether oxygens (including phenoxy) is 3. The van der Waals surface area contributed by atoms with Crippen LogP contribution < -0.4 is 53.8 Å². The van der Waals surface area contributed by atoms with Crippen molar-refractivity contribution in [3.8, 4) is 11.4 Å². The number of aromatic nitrogens is 2. The molecule has 0 bridgehead atoms. The van der Waals surface area contributed by atoms with Crippen LogP contribution in [0.1, 0.15) is 132 Å². The summed E-state index contributed by atoms with van der Waals surface area (Å²) in [7, 11) is 0. The van der Waals surface area contributed by atoms with Gasteiger partial charge in [0.2, 0.25) is 53.2 Å². The first-order valence-corrected chi connectivity index (χ1v) is 29.6. The van der Waals surface area contributed by atoms with E-state index in [4.69, 9.17) is 30.0 Å². The van der Waals surface area contributed by atoms with Crippen LogP contribution in [0.15, 0.2) is 16.9 Å². The third-order valence-electron chi connectivity index (χ3n) is 16.5. The first-order chi connectivity index (χ1) is 42.4. The molecule has 1 aliphatic carbocycles. The van der Waals surface area contributed by atoms with Crippen molar-refractivity contribution < 1.29 is 91.8 Å². The van der Waals surface area contributed by atoms with Crippen molar-refractivity contribution >= 4 is 76.0 Å². The zero-order valence-corrected chi connectivity index (χ0v) is 50.9. The van der Waals surface area contributed by atoms with Gasteiger partial charge in [-0.3, -0.25) is 52.7 Å². The van der Waals surface area contributed by atoms with Gasteiger partial charge in [0.15, 0.2) is 5.60 Å². The largest absolute Gasteiger partial charge is 0.481 e. The van der Waals surface area contributed by atoms with Gasteiger partial charge < -0.3 is 87.5 Å². The SMILES string of the molecule is CC[C@@]1(O)C(=O)OCc2c1cc1n(c2=O)Cc2c-1nc1cc(F)c(C)c3c1c2[C@@H](NC(=O)C(C)(C)COCNC(=O)[C@H](C)NC(=O)[C@@H](NC(=O)[C@H](CCC(=O)NC[C@H]1O[C@@H](CC(N)=O)[C@H](O)[C@@H]1O)NC(=O)CCNC(=O)CNC(=O)CCC(=O)O)C(C)C)CC3. The van der Waals surface area contributed by atoms with Gasteiger partial charge in [0.25, 0.3) is 5.56 Å². The molecule has 90 heavy (non-hydrogen) atoms. The highest BCUT2D eigenvalue weighted by atomic mass is 19.1. The molecule has 4 aliphatic rings. The van der Waals surface area contributed by atoms with Crippen molar-refractivity contribution in [1.29, 1.82) is 0 Å². The van der Waals surface area contributed by atoms with E-state index in [0.29, 0.717) is 57.4 Å². The number of nitrogens with one attached hydrogen (secondary N) is 8. The fraction of sp³-hybridized carbons (Fsp3) is 0.576. The van der Waals surface area contributed by atoms with E-state index < -0.39 is 181 Å². The standard InChI is InChI=1S/C59H78FN11O19/c1-8-59(87)32-17-37-49-30(22-71(37)55(84)31(32)23-89-57(59)86)47-34(10-9-29-27(4)33(60)18-36(68-49)46(29)47)69-56(85)58(6,7)24-88-25-65-52(81)28(5)66-54(83)48(26(2)3)70-53(82)35(67-43(75)15-16-62-44(76)21-64-42(74)13-14-45(77)78)11-12-41(73)63-20-39-51(80)50(79)38(90-39)19-40(61)72/h17-18,26,28,34-35,38-39,48,50-51,79-80,87H,8-16,19-25H2,1-7H3,(H2,61,72)(H,62,76)(H,63,73)(H,64,74)(H,65,81)(H,66,83)(H,67,75)(H,69,85)(H,70,82)(H,77,78)/t28-,34-,35-,38-,39+,48-,50-,51+,59-/m0/s1. The molecule has 1 saturated heterocycles. The second-order valence-electron chi connectivity index (χ2n) is 23.9. The van der Waals surface area contributed by atoms with Crippen LogP contribution >= 0.6 is 0 Å². The lowest BCUT2D eigenvalue weighted by Gasteiger charge is -2.32. The summed E-state index contributed by atoms with van der Waals surface area (Å²) < 4.78 is 33.5. The number of carbonyl (C=O) groups excluding carboxylic acids is 10. The minimum atomic E-state index is -2.08. The Kier molecular flexibility index (Phi) is 22.2. The number of hydrogen-bond donors (Lipinski definition) is 13. The molecule has 2 aromatic heterocycles. The Morgan fingerprint density at radius 3 is 2.23 bits per heavy atom. The fourth-order valence-corrected chi connectivity index (χ4v) is 11.2. The summed E-state index contributed by atoms with van der Waals surface area (Å²) in [6.45, 7) is 8.94. The molecule has 490 valence electrons. The van der Waals surface area contributed by atoms with Gasteiger partial charge in [-0.25, -0.2) is 14.2 Å². The number of primary amides is 1. The van der Waals surface area contributed by atoms with E-state index in [9.17, 15) is 72.9 Å². The number of benzene rings is 1. The van der Waals surface area contributed by atoms with E-state index in [1.165, 1.54) is 17.6 Å². The lowest BCUT2D eigenvalue weighted by Crippen LogP contribution is -2.58. The summed E-state index contributed by atoms with van der Waals surface area (Å²) in [6.07, 6.45) is -7.01. The first-order valence-electron chi connectivity index (χ1n) is 29.6. The highest BCUT2D eigenvalue weighted by Crippen LogP contribution is 2.46. The van der Waals surface area contributed by atoms with Gasteiger partial charge in [0.1, 0.15) is 55.6 Å².